The van der Waals surface area contributed by atoms with Crippen LogP contribution in [-0.4, -0.2) is 78.8 Å². The van der Waals surface area contributed by atoms with Gasteiger partial charge < -0.3 is 19.5 Å². The molecule has 7 heteroatoms. The van der Waals surface area contributed by atoms with Gasteiger partial charge in [0.15, 0.2) is 0 Å². The van der Waals surface area contributed by atoms with E-state index < -0.39 is 5.97 Å². The van der Waals surface area contributed by atoms with Gasteiger partial charge in [-0.3, -0.25) is 14.5 Å². The Hall–Kier alpha value is -2.12. The highest BCUT2D eigenvalue weighted by atomic mass is 16.5. The van der Waals surface area contributed by atoms with Crippen molar-refractivity contribution in [3.05, 3.63) is 29.8 Å². The van der Waals surface area contributed by atoms with Crippen LogP contribution in [0.3, 0.4) is 0 Å². The molecule has 1 fully saturated rings. The molecule has 0 bridgehead atoms. The Morgan fingerprint density at radius 3 is 2.88 bits per heavy atom. The third-order valence-electron chi connectivity index (χ3n) is 4.04. The smallest absolute Gasteiger partial charge is 0.317 e. The van der Waals surface area contributed by atoms with E-state index >= 15 is 0 Å². The SMILES string of the molecule is CC(C)Oc1cccc(CC(=O)N2CCOC(CN(C)CC(=O)O)C2)c1. The first kappa shape index (κ1) is 20.2. The number of likely N-dealkylation sites (N-methyl/N-ethyl adjacent to an activating group) is 1. The van der Waals surface area contributed by atoms with Crippen molar-refractivity contribution in [1.82, 2.24) is 9.80 Å². The van der Waals surface area contributed by atoms with E-state index in [2.05, 4.69) is 0 Å². The number of rotatable bonds is 8. The van der Waals surface area contributed by atoms with E-state index in [1.807, 2.05) is 38.1 Å². The molecule has 1 saturated heterocycles. The average molecular weight is 364 g/mol. The zero-order valence-corrected chi connectivity index (χ0v) is 15.7. The molecule has 0 spiro atoms. The van der Waals surface area contributed by atoms with Crippen molar-refractivity contribution < 1.29 is 24.2 Å². The van der Waals surface area contributed by atoms with Gasteiger partial charge in [0, 0.05) is 19.6 Å². The van der Waals surface area contributed by atoms with Gasteiger partial charge in [-0.05, 0) is 38.6 Å². The molecule has 1 N–H and O–H groups in total. The zero-order chi connectivity index (χ0) is 19.1. The largest absolute Gasteiger partial charge is 0.491 e. The Labute approximate surface area is 154 Å². The van der Waals surface area contributed by atoms with Gasteiger partial charge in [-0.2, -0.15) is 0 Å². The predicted octanol–water partition coefficient (Wildman–Crippen LogP) is 1.26. The van der Waals surface area contributed by atoms with Gasteiger partial charge in [0.25, 0.3) is 0 Å². The number of hydrogen-bond donors (Lipinski definition) is 1. The van der Waals surface area contributed by atoms with Crippen molar-refractivity contribution in [3.63, 3.8) is 0 Å². The van der Waals surface area contributed by atoms with Crippen LogP contribution in [0.1, 0.15) is 19.4 Å². The summed E-state index contributed by atoms with van der Waals surface area (Å²) in [6.45, 7) is 5.86. The molecule has 1 aliphatic heterocycles. The Morgan fingerprint density at radius 2 is 2.19 bits per heavy atom. The van der Waals surface area contributed by atoms with Crippen molar-refractivity contribution >= 4 is 11.9 Å². The molecule has 0 radical (unpaired) electrons. The Balaban J connectivity index is 1.89. The fourth-order valence-electron chi connectivity index (χ4n) is 2.99. The van der Waals surface area contributed by atoms with E-state index in [4.69, 9.17) is 14.6 Å². The highest BCUT2D eigenvalue weighted by Gasteiger charge is 2.25. The molecule has 1 atom stereocenters. The highest BCUT2D eigenvalue weighted by molar-refractivity contribution is 5.79. The number of aliphatic carboxylic acids is 1. The van der Waals surface area contributed by atoms with E-state index in [0.717, 1.165) is 11.3 Å². The lowest BCUT2D eigenvalue weighted by atomic mass is 10.1. The molecular weight excluding hydrogens is 336 g/mol. The molecule has 144 valence electrons. The molecule has 1 aromatic carbocycles. The van der Waals surface area contributed by atoms with Crippen LogP contribution < -0.4 is 4.74 Å². The van der Waals surface area contributed by atoms with E-state index in [9.17, 15) is 9.59 Å². The highest BCUT2D eigenvalue weighted by Crippen LogP contribution is 2.17. The first-order chi connectivity index (χ1) is 12.3. The van der Waals surface area contributed by atoms with E-state index in [0.29, 0.717) is 32.7 Å². The minimum Gasteiger partial charge on any atom is -0.491 e. The van der Waals surface area contributed by atoms with Crippen LogP contribution in [0.5, 0.6) is 5.75 Å². The number of nitrogens with zero attached hydrogens (tertiary/aromatic N) is 2. The lowest BCUT2D eigenvalue weighted by Gasteiger charge is -2.34. The van der Waals surface area contributed by atoms with Crippen LogP contribution in [0.4, 0.5) is 0 Å². The number of benzene rings is 1. The van der Waals surface area contributed by atoms with Gasteiger partial charge in [0.1, 0.15) is 5.75 Å². The summed E-state index contributed by atoms with van der Waals surface area (Å²) in [7, 11) is 1.73. The van der Waals surface area contributed by atoms with Crippen LogP contribution in [-0.2, 0) is 20.7 Å². The maximum atomic E-state index is 12.6. The maximum Gasteiger partial charge on any atom is 0.317 e. The monoisotopic (exact) mass is 364 g/mol. The molecule has 1 aliphatic rings. The van der Waals surface area contributed by atoms with Gasteiger partial charge >= 0.3 is 5.97 Å². The van der Waals surface area contributed by atoms with Crippen molar-refractivity contribution in [1.29, 1.82) is 0 Å². The second-order valence-corrected chi connectivity index (χ2v) is 6.91. The third-order valence-corrected chi connectivity index (χ3v) is 4.04. The minimum atomic E-state index is -0.875. The fourth-order valence-corrected chi connectivity index (χ4v) is 2.99. The number of carbonyl (C=O) groups excluding carboxylic acids is 1. The molecule has 1 amide bonds. The van der Waals surface area contributed by atoms with Crippen molar-refractivity contribution in [2.75, 3.05) is 39.8 Å². The van der Waals surface area contributed by atoms with Crippen LogP contribution >= 0.6 is 0 Å². The minimum absolute atomic E-state index is 0.0425. The first-order valence-corrected chi connectivity index (χ1v) is 8.89. The van der Waals surface area contributed by atoms with Crippen LogP contribution in [0.25, 0.3) is 0 Å². The Kier molecular flexibility index (Phi) is 7.41. The summed E-state index contributed by atoms with van der Waals surface area (Å²) in [4.78, 5) is 26.9. The van der Waals surface area contributed by atoms with E-state index in [1.54, 1.807) is 16.8 Å². The summed E-state index contributed by atoms with van der Waals surface area (Å²) in [6.07, 6.45) is 0.226. The maximum absolute atomic E-state index is 12.6. The van der Waals surface area contributed by atoms with Gasteiger partial charge in [-0.1, -0.05) is 12.1 Å². The fraction of sp³-hybridized carbons (Fsp3) is 0.579. The summed E-state index contributed by atoms with van der Waals surface area (Å²) < 4.78 is 11.4. The summed E-state index contributed by atoms with van der Waals surface area (Å²) >= 11 is 0. The second-order valence-electron chi connectivity index (χ2n) is 6.91. The summed E-state index contributed by atoms with van der Waals surface area (Å²) in [5.41, 5.74) is 0.916. The molecule has 2 rings (SSSR count). The van der Waals surface area contributed by atoms with E-state index in [1.165, 1.54) is 0 Å². The van der Waals surface area contributed by atoms with Crippen molar-refractivity contribution in [2.45, 2.75) is 32.5 Å². The van der Waals surface area contributed by atoms with Gasteiger partial charge in [0.05, 0.1) is 31.8 Å². The van der Waals surface area contributed by atoms with Gasteiger partial charge in [-0.15, -0.1) is 0 Å². The number of ether oxygens (including phenoxy) is 2. The Bertz CT molecular complexity index is 620. The number of carbonyl (C=O) groups is 2. The number of morpholine rings is 1. The van der Waals surface area contributed by atoms with Crippen LogP contribution in [0.2, 0.25) is 0 Å². The zero-order valence-electron chi connectivity index (χ0n) is 15.7. The number of carboxylic acids is 1. The molecule has 1 aromatic rings. The van der Waals surface area contributed by atoms with Crippen molar-refractivity contribution in [3.8, 4) is 5.75 Å². The third kappa shape index (κ3) is 6.65. The number of carboxylic acid groups (broad SMARTS) is 1. The number of hydrogen-bond acceptors (Lipinski definition) is 5. The van der Waals surface area contributed by atoms with E-state index in [-0.39, 0.29) is 24.7 Å². The number of amides is 1. The summed E-state index contributed by atoms with van der Waals surface area (Å²) in [6, 6.07) is 7.60. The summed E-state index contributed by atoms with van der Waals surface area (Å²) in [5.74, 6) is -0.0684. The quantitative estimate of drug-likeness (QED) is 0.748. The standard InChI is InChI=1S/C19H28N2O5/c1-14(2)26-16-6-4-5-15(9-16)10-18(22)21-7-8-25-17(12-21)11-20(3)13-19(23)24/h4-6,9,14,17H,7-8,10-13H2,1-3H3,(H,23,24). The van der Waals surface area contributed by atoms with Gasteiger partial charge in [-0.25, -0.2) is 0 Å². The van der Waals surface area contributed by atoms with Crippen LogP contribution in [0, 0.1) is 0 Å². The first-order valence-electron chi connectivity index (χ1n) is 8.89. The second kappa shape index (κ2) is 9.54. The topological polar surface area (TPSA) is 79.3 Å². The molecular formula is C19H28N2O5. The van der Waals surface area contributed by atoms with Gasteiger partial charge in [0.2, 0.25) is 5.91 Å². The molecule has 1 heterocycles. The molecule has 0 aromatic heterocycles. The predicted molar refractivity (Wildman–Crippen MR) is 97.4 cm³/mol. The Morgan fingerprint density at radius 1 is 1.42 bits per heavy atom. The molecule has 0 saturated carbocycles. The molecule has 0 aliphatic carbocycles. The lowest BCUT2D eigenvalue weighted by molar-refractivity contribution is -0.142. The molecule has 1 unspecified atom stereocenters. The molecule has 26 heavy (non-hydrogen) atoms. The summed E-state index contributed by atoms with van der Waals surface area (Å²) in [5, 5.41) is 8.84. The normalized spacial score (nSPS) is 17.6. The average Bonchev–Trinajstić information content (AvgIpc) is 2.54. The van der Waals surface area contributed by atoms with Crippen LogP contribution in [0.15, 0.2) is 24.3 Å². The lowest BCUT2D eigenvalue weighted by Crippen LogP contribution is -2.50. The van der Waals surface area contributed by atoms with Crippen molar-refractivity contribution in [2.24, 2.45) is 0 Å². The molecule has 7 nitrogen and oxygen atoms in total.